The van der Waals surface area contributed by atoms with Crippen LogP contribution in [0.2, 0.25) is 0 Å². The summed E-state index contributed by atoms with van der Waals surface area (Å²) in [7, 11) is 1.65. The smallest absolute Gasteiger partial charge is 0.307 e. The summed E-state index contributed by atoms with van der Waals surface area (Å²) in [6.45, 7) is 0. The molecule has 0 bridgehead atoms. The number of nitro benzene ring substituents is 1. The van der Waals surface area contributed by atoms with Crippen LogP contribution in [-0.2, 0) is 9.59 Å². The summed E-state index contributed by atoms with van der Waals surface area (Å²) in [6, 6.07) is 13.5. The summed E-state index contributed by atoms with van der Waals surface area (Å²) >= 11 is 0. The van der Waals surface area contributed by atoms with Gasteiger partial charge in [0.2, 0.25) is 5.91 Å². The molecule has 0 heterocycles. The van der Waals surface area contributed by atoms with Gasteiger partial charge in [0.15, 0.2) is 0 Å². The fraction of sp³-hybridized carbons (Fsp3) is 0.300. The number of aliphatic carboxylic acids is 1. The zero-order valence-electron chi connectivity index (χ0n) is 14.9. The number of carboxylic acids is 1. The molecule has 7 nitrogen and oxygen atoms in total. The molecule has 0 unspecified atom stereocenters. The molecule has 7 heteroatoms. The molecule has 0 saturated heterocycles. The topological polar surface area (TPSA) is 101 Å². The van der Waals surface area contributed by atoms with Crippen molar-refractivity contribution in [1.29, 1.82) is 0 Å². The lowest BCUT2D eigenvalue weighted by Crippen LogP contribution is -2.36. The van der Waals surface area contributed by atoms with Crippen molar-refractivity contribution in [2.24, 2.45) is 11.8 Å². The molecule has 2 aromatic carbocycles. The number of benzene rings is 2. The molecule has 0 aromatic heterocycles. The third kappa shape index (κ3) is 3.81. The summed E-state index contributed by atoms with van der Waals surface area (Å²) in [6.07, 6.45) is 1.89. The van der Waals surface area contributed by atoms with Crippen LogP contribution in [0.4, 0.5) is 11.4 Å². The van der Waals surface area contributed by atoms with Crippen LogP contribution in [-0.4, -0.2) is 29.0 Å². The lowest BCUT2D eigenvalue weighted by atomic mass is 9.94. The summed E-state index contributed by atoms with van der Waals surface area (Å²) in [5, 5.41) is 20.0. The van der Waals surface area contributed by atoms with E-state index in [1.54, 1.807) is 31.3 Å². The molecule has 0 radical (unpaired) electrons. The Labute approximate surface area is 156 Å². The number of carbonyl (C=O) groups excluding carboxylic acids is 1. The van der Waals surface area contributed by atoms with Crippen molar-refractivity contribution in [3.63, 3.8) is 0 Å². The van der Waals surface area contributed by atoms with E-state index < -0.39 is 22.7 Å². The van der Waals surface area contributed by atoms with Crippen molar-refractivity contribution < 1.29 is 19.6 Å². The second-order valence-corrected chi connectivity index (χ2v) is 6.73. The van der Waals surface area contributed by atoms with Crippen molar-refractivity contribution >= 4 is 23.3 Å². The third-order valence-electron chi connectivity index (χ3n) is 5.15. The first-order valence-electron chi connectivity index (χ1n) is 8.73. The van der Waals surface area contributed by atoms with Gasteiger partial charge in [-0.15, -0.1) is 0 Å². The van der Waals surface area contributed by atoms with Gasteiger partial charge in [-0.2, -0.15) is 0 Å². The minimum atomic E-state index is -0.909. The molecule has 1 aliphatic rings. The summed E-state index contributed by atoms with van der Waals surface area (Å²) < 4.78 is 0. The van der Waals surface area contributed by atoms with Crippen LogP contribution in [0.3, 0.4) is 0 Å². The fourth-order valence-corrected chi connectivity index (χ4v) is 3.58. The van der Waals surface area contributed by atoms with Gasteiger partial charge in [0.25, 0.3) is 5.69 Å². The molecule has 1 saturated carbocycles. The van der Waals surface area contributed by atoms with Crippen LogP contribution in [0.5, 0.6) is 0 Å². The third-order valence-corrected chi connectivity index (χ3v) is 5.15. The molecule has 1 amide bonds. The van der Waals surface area contributed by atoms with Gasteiger partial charge >= 0.3 is 5.97 Å². The van der Waals surface area contributed by atoms with Crippen LogP contribution < -0.4 is 4.90 Å². The molecule has 2 aromatic rings. The maximum atomic E-state index is 12.7. The Hall–Kier alpha value is -3.22. The molecule has 1 fully saturated rings. The van der Waals surface area contributed by atoms with E-state index in [1.165, 1.54) is 17.0 Å². The first kappa shape index (κ1) is 18.6. The zero-order valence-corrected chi connectivity index (χ0v) is 14.9. The second kappa shape index (κ2) is 7.57. The molecule has 140 valence electrons. The van der Waals surface area contributed by atoms with Crippen LogP contribution in [0, 0.1) is 22.0 Å². The fourth-order valence-electron chi connectivity index (χ4n) is 3.58. The normalized spacial score (nSPS) is 18.9. The van der Waals surface area contributed by atoms with Crippen LogP contribution in [0.15, 0.2) is 48.5 Å². The average Bonchev–Trinajstić information content (AvgIpc) is 3.17. The first-order chi connectivity index (χ1) is 12.9. The second-order valence-electron chi connectivity index (χ2n) is 6.73. The number of rotatable bonds is 5. The van der Waals surface area contributed by atoms with E-state index in [4.69, 9.17) is 0 Å². The maximum Gasteiger partial charge on any atom is 0.307 e. The van der Waals surface area contributed by atoms with E-state index >= 15 is 0 Å². The molecular formula is C20H20N2O5. The van der Waals surface area contributed by atoms with Gasteiger partial charge in [0.05, 0.1) is 16.8 Å². The predicted molar refractivity (Wildman–Crippen MR) is 100 cm³/mol. The highest BCUT2D eigenvalue weighted by Crippen LogP contribution is 2.34. The minimum absolute atomic E-state index is 0.0326. The van der Waals surface area contributed by atoms with E-state index in [0.717, 1.165) is 17.5 Å². The van der Waals surface area contributed by atoms with Gasteiger partial charge < -0.3 is 10.0 Å². The molecular weight excluding hydrogens is 348 g/mol. The zero-order chi connectivity index (χ0) is 19.6. The number of hydrogen-bond acceptors (Lipinski definition) is 4. The highest BCUT2D eigenvalue weighted by Gasteiger charge is 2.39. The SMILES string of the molecule is CN(C(=O)[C@H]1CCC[C@@H]1C(=O)O)c1ccc(-c2ccc([N+](=O)[O-])cc2)cc1. The van der Waals surface area contributed by atoms with Gasteiger partial charge in [0, 0.05) is 24.9 Å². The number of carbonyl (C=O) groups is 2. The Morgan fingerprint density at radius 2 is 1.52 bits per heavy atom. The number of hydrogen-bond donors (Lipinski definition) is 1. The van der Waals surface area contributed by atoms with Crippen molar-refractivity contribution in [2.45, 2.75) is 19.3 Å². The van der Waals surface area contributed by atoms with Crippen molar-refractivity contribution in [2.75, 3.05) is 11.9 Å². The number of nitrogens with zero attached hydrogens (tertiary/aromatic N) is 2. The highest BCUT2D eigenvalue weighted by atomic mass is 16.6. The van der Waals surface area contributed by atoms with E-state index in [-0.39, 0.29) is 11.6 Å². The van der Waals surface area contributed by atoms with E-state index in [9.17, 15) is 24.8 Å². The average molecular weight is 368 g/mol. The number of carboxylic acid groups (broad SMARTS) is 1. The summed E-state index contributed by atoms with van der Waals surface area (Å²) in [5.74, 6) is -2.18. The molecule has 0 aliphatic heterocycles. The predicted octanol–water partition coefficient (Wildman–Crippen LogP) is 3.73. The van der Waals surface area contributed by atoms with Gasteiger partial charge in [-0.25, -0.2) is 0 Å². The van der Waals surface area contributed by atoms with Crippen LogP contribution in [0.25, 0.3) is 11.1 Å². The van der Waals surface area contributed by atoms with Crippen molar-refractivity contribution in [3.8, 4) is 11.1 Å². The quantitative estimate of drug-likeness (QED) is 0.640. The molecule has 1 aliphatic carbocycles. The Balaban J connectivity index is 1.75. The maximum absolute atomic E-state index is 12.7. The number of anilines is 1. The largest absolute Gasteiger partial charge is 0.481 e. The van der Waals surface area contributed by atoms with Crippen molar-refractivity contribution in [1.82, 2.24) is 0 Å². The highest BCUT2D eigenvalue weighted by molar-refractivity contribution is 5.97. The number of nitro groups is 1. The van der Waals surface area contributed by atoms with Gasteiger partial charge in [-0.05, 0) is 48.2 Å². The van der Waals surface area contributed by atoms with E-state index in [2.05, 4.69) is 0 Å². The molecule has 0 spiro atoms. The molecule has 1 N–H and O–H groups in total. The standard InChI is InChI=1S/C20H20N2O5/c1-21(19(23)17-3-2-4-18(17)20(24)25)15-9-5-13(6-10-15)14-7-11-16(12-8-14)22(26)27/h5-12,17-18H,2-4H2,1H3,(H,24,25)/t17-,18-/m0/s1. The molecule has 27 heavy (non-hydrogen) atoms. The van der Waals surface area contributed by atoms with E-state index in [1.807, 2.05) is 12.1 Å². The monoisotopic (exact) mass is 368 g/mol. The summed E-state index contributed by atoms with van der Waals surface area (Å²) in [4.78, 5) is 35.8. The van der Waals surface area contributed by atoms with Crippen LogP contribution in [0.1, 0.15) is 19.3 Å². The number of non-ortho nitro benzene ring substituents is 1. The minimum Gasteiger partial charge on any atom is -0.481 e. The lowest BCUT2D eigenvalue weighted by Gasteiger charge is -2.23. The Kier molecular flexibility index (Phi) is 5.21. The Morgan fingerprint density at radius 1 is 1.00 bits per heavy atom. The summed E-state index contributed by atoms with van der Waals surface area (Å²) in [5.41, 5.74) is 2.42. The Morgan fingerprint density at radius 3 is 2.04 bits per heavy atom. The Bertz CT molecular complexity index is 861. The number of amides is 1. The first-order valence-corrected chi connectivity index (χ1v) is 8.73. The van der Waals surface area contributed by atoms with E-state index in [0.29, 0.717) is 18.5 Å². The molecule has 2 atom stereocenters. The lowest BCUT2D eigenvalue weighted by molar-refractivity contribution is -0.384. The van der Waals surface area contributed by atoms with Gasteiger partial charge in [-0.1, -0.05) is 18.6 Å². The molecule has 3 rings (SSSR count). The van der Waals surface area contributed by atoms with Crippen molar-refractivity contribution in [3.05, 3.63) is 58.6 Å². The van der Waals surface area contributed by atoms with Crippen LogP contribution >= 0.6 is 0 Å². The van der Waals surface area contributed by atoms with Gasteiger partial charge in [-0.3, -0.25) is 19.7 Å². The van der Waals surface area contributed by atoms with Gasteiger partial charge in [0.1, 0.15) is 0 Å².